The number of benzene rings is 1. The molecule has 0 bridgehead atoms. The van der Waals surface area contributed by atoms with Gasteiger partial charge < -0.3 is 33.5 Å². The van der Waals surface area contributed by atoms with Crippen molar-refractivity contribution in [3.63, 3.8) is 0 Å². The molecule has 6 rings (SSSR count). The molecule has 270 valence electrons. The average molecular weight is 743 g/mol. The van der Waals surface area contributed by atoms with E-state index in [9.17, 15) is 19.3 Å². The van der Waals surface area contributed by atoms with Crippen molar-refractivity contribution in [3.05, 3.63) is 78.1 Å². The molecule has 8 atom stereocenters. The number of imidazole rings is 1. The van der Waals surface area contributed by atoms with E-state index in [1.54, 1.807) is 49.4 Å². The van der Waals surface area contributed by atoms with Gasteiger partial charge in [0.1, 0.15) is 12.0 Å². The summed E-state index contributed by atoms with van der Waals surface area (Å²) in [5.74, 6) is -2.37. The molecule has 15 nitrogen and oxygen atoms in total. The Kier molecular flexibility index (Phi) is 11.1. The largest absolute Gasteiger partial charge is 0.466 e. The number of fused-ring (bicyclic) bond motifs is 1. The van der Waals surface area contributed by atoms with Gasteiger partial charge in [-0.3, -0.25) is 14.2 Å². The summed E-state index contributed by atoms with van der Waals surface area (Å²) < 4.78 is 44.7. The molecule has 51 heavy (non-hydrogen) atoms. The number of carbonyl (C=O) groups is 3. The average Bonchev–Trinajstić information content (AvgIpc) is 3.67. The van der Waals surface area contributed by atoms with E-state index < -0.39 is 49.0 Å². The molecule has 2 aliphatic rings. The van der Waals surface area contributed by atoms with Crippen LogP contribution in [0.25, 0.3) is 11.2 Å². The van der Waals surface area contributed by atoms with Gasteiger partial charge in [0.05, 0.1) is 39.4 Å². The molecular formula is C33H36FN6O9PS. The van der Waals surface area contributed by atoms with Crippen LogP contribution in [-0.4, -0.2) is 86.4 Å². The van der Waals surface area contributed by atoms with E-state index in [1.165, 1.54) is 37.5 Å². The number of pyridine rings is 1. The van der Waals surface area contributed by atoms with Gasteiger partial charge in [0.2, 0.25) is 0 Å². The van der Waals surface area contributed by atoms with Gasteiger partial charge in [0.25, 0.3) is 5.91 Å². The minimum atomic E-state index is -3.85. The van der Waals surface area contributed by atoms with Crippen molar-refractivity contribution in [1.29, 1.82) is 0 Å². The summed E-state index contributed by atoms with van der Waals surface area (Å²) in [5, 5.41) is 2.72. The number of carbonyl (C=O) groups excluding carboxylic acids is 3. The first-order chi connectivity index (χ1) is 24.5. The minimum absolute atomic E-state index is 0.0282. The maximum Gasteiger partial charge on any atom is 0.356 e. The van der Waals surface area contributed by atoms with Gasteiger partial charge in [-0.2, -0.15) is 0 Å². The van der Waals surface area contributed by atoms with E-state index in [0.29, 0.717) is 12.0 Å². The molecule has 1 saturated carbocycles. The molecular weight excluding hydrogens is 706 g/mol. The highest BCUT2D eigenvalue weighted by atomic mass is 32.5. The molecule has 1 amide bonds. The van der Waals surface area contributed by atoms with E-state index in [4.69, 9.17) is 35.1 Å². The van der Waals surface area contributed by atoms with Gasteiger partial charge in [-0.25, -0.2) is 29.1 Å². The monoisotopic (exact) mass is 742 g/mol. The van der Waals surface area contributed by atoms with E-state index in [0.717, 1.165) is 5.56 Å². The van der Waals surface area contributed by atoms with Gasteiger partial charge >= 0.3 is 18.7 Å². The maximum atomic E-state index is 15.7. The molecule has 4 heterocycles. The Morgan fingerprint density at radius 1 is 1.10 bits per heavy atom. The summed E-state index contributed by atoms with van der Waals surface area (Å²) in [5.41, 5.74) is 1.88. The van der Waals surface area contributed by atoms with Crippen LogP contribution in [0.15, 0.2) is 61.3 Å². The molecule has 1 aliphatic heterocycles. The Morgan fingerprint density at radius 3 is 2.61 bits per heavy atom. The Hall–Kier alpha value is -4.25. The normalized spacial score (nSPS) is 25.5. The fraction of sp³-hybridized carbons (Fsp3) is 0.424. The summed E-state index contributed by atoms with van der Waals surface area (Å²) in [6.45, 7) is -1.02. The van der Waals surface area contributed by atoms with Crippen molar-refractivity contribution < 1.29 is 46.9 Å². The highest BCUT2D eigenvalue weighted by Crippen LogP contribution is 2.52. The van der Waals surface area contributed by atoms with Crippen LogP contribution < -0.4 is 5.32 Å². The minimum Gasteiger partial charge on any atom is -0.466 e. The number of ether oxygens (including phenoxy) is 3. The van der Waals surface area contributed by atoms with Crippen molar-refractivity contribution >= 4 is 53.4 Å². The first-order valence-corrected chi connectivity index (χ1v) is 18.7. The quantitative estimate of drug-likeness (QED) is 0.145. The van der Waals surface area contributed by atoms with E-state index in [-0.39, 0.29) is 60.3 Å². The van der Waals surface area contributed by atoms with Gasteiger partial charge in [-0.05, 0) is 65.8 Å². The fourth-order valence-corrected chi connectivity index (χ4v) is 7.43. The number of hydrogen-bond acceptors (Lipinski definition) is 13. The molecule has 3 aromatic heterocycles. The molecule has 0 spiro atoms. The van der Waals surface area contributed by atoms with E-state index >= 15 is 4.39 Å². The molecule has 4 aromatic rings. The molecule has 1 saturated heterocycles. The van der Waals surface area contributed by atoms with E-state index in [1.807, 2.05) is 0 Å². The molecule has 1 aliphatic carbocycles. The molecule has 1 unspecified atom stereocenters. The van der Waals surface area contributed by atoms with Gasteiger partial charge in [-0.15, -0.1) is 0 Å². The zero-order valence-corrected chi connectivity index (χ0v) is 29.5. The second-order valence-electron chi connectivity index (χ2n) is 12.3. The third kappa shape index (κ3) is 8.14. The fourth-order valence-electron chi connectivity index (χ4n) is 6.29. The number of nitrogens with zero attached hydrogens (tertiary/aromatic N) is 5. The SMILES string of the molecule is COC(=O)c1cc([C@@H]2C[C@H](COC(C)=O)[C@H]2COP(O)(=S)OC[C@H]2O[C@@H](n3cnc4c(NC(=O)c5ccccc5)ncnc43)[C@H](F)[C@@H]2C)ccn1. The van der Waals surface area contributed by atoms with Crippen molar-refractivity contribution in [2.75, 3.05) is 32.2 Å². The second-order valence-corrected chi connectivity index (χ2v) is 15.2. The number of halogens is 1. The van der Waals surface area contributed by atoms with Crippen molar-refractivity contribution in [1.82, 2.24) is 24.5 Å². The first kappa shape index (κ1) is 36.5. The predicted octanol–water partition coefficient (Wildman–Crippen LogP) is 4.36. The number of methoxy groups -OCH3 is 1. The molecule has 18 heteroatoms. The predicted molar refractivity (Wildman–Crippen MR) is 183 cm³/mol. The van der Waals surface area contributed by atoms with Gasteiger partial charge in [-0.1, -0.05) is 25.1 Å². The lowest BCUT2D eigenvalue weighted by Crippen LogP contribution is -2.41. The number of rotatable bonds is 13. The second kappa shape index (κ2) is 15.6. The standard InChI is InChI=1S/C33H36FN6O9PS/c1-18-26(49-32(27(18)34)40-17-38-28-29(36-16-37-30(28)40)39-31(42)20-7-5-4-6-8-20)15-48-50(44,51)47-14-24-22(13-46-19(2)41)11-23(24)21-9-10-35-25(12-21)33(43)45-3/h4-10,12,16-18,22-24,26-27,32H,11,13-15H2,1-3H3,(H,44,51)(H,36,37,39,42)/t18-,22-,23+,24-,26-,27-,32-,50?/m1/s1. The molecule has 1 aromatic carbocycles. The van der Waals surface area contributed by atoms with Gasteiger partial charge in [0, 0.05) is 24.6 Å². The number of nitrogens with one attached hydrogen (secondary N) is 1. The summed E-state index contributed by atoms with van der Waals surface area (Å²) >= 11 is 5.31. The van der Waals surface area contributed by atoms with Crippen LogP contribution in [0.1, 0.15) is 58.8 Å². The van der Waals surface area contributed by atoms with Crippen LogP contribution >= 0.6 is 6.72 Å². The number of alkyl halides is 1. The van der Waals surface area contributed by atoms with Crippen LogP contribution in [0, 0.1) is 17.8 Å². The van der Waals surface area contributed by atoms with Crippen LogP contribution in [0.5, 0.6) is 0 Å². The van der Waals surface area contributed by atoms with Crippen LogP contribution in [0.4, 0.5) is 10.2 Å². The lowest BCUT2D eigenvalue weighted by atomic mass is 9.63. The Morgan fingerprint density at radius 2 is 1.86 bits per heavy atom. The van der Waals surface area contributed by atoms with Crippen LogP contribution in [0.2, 0.25) is 0 Å². The number of anilines is 1. The Bertz CT molecular complexity index is 1950. The first-order valence-electron chi connectivity index (χ1n) is 16.1. The lowest BCUT2D eigenvalue weighted by molar-refractivity contribution is -0.145. The van der Waals surface area contributed by atoms with Crippen LogP contribution in [-0.2, 0) is 39.9 Å². The summed E-state index contributed by atoms with van der Waals surface area (Å²) in [4.78, 5) is 64.1. The highest BCUT2D eigenvalue weighted by Gasteiger charge is 2.46. The molecule has 2 fully saturated rings. The van der Waals surface area contributed by atoms with Crippen molar-refractivity contribution in [3.8, 4) is 0 Å². The van der Waals surface area contributed by atoms with Crippen molar-refractivity contribution in [2.45, 2.75) is 44.7 Å². The topological polar surface area (TPSA) is 186 Å². The Balaban J connectivity index is 1.09. The third-order valence-corrected chi connectivity index (χ3v) is 10.8. The smallest absolute Gasteiger partial charge is 0.356 e. The van der Waals surface area contributed by atoms with Crippen molar-refractivity contribution in [2.24, 2.45) is 17.8 Å². The molecule has 0 radical (unpaired) electrons. The van der Waals surface area contributed by atoms with Crippen LogP contribution in [0.3, 0.4) is 0 Å². The Labute approximate surface area is 297 Å². The number of hydrogen-bond donors (Lipinski definition) is 2. The zero-order valence-electron chi connectivity index (χ0n) is 27.8. The number of amides is 1. The number of aromatic nitrogens is 5. The zero-order chi connectivity index (χ0) is 36.3. The summed E-state index contributed by atoms with van der Waals surface area (Å²) in [7, 11) is 1.27. The maximum absolute atomic E-state index is 15.7. The van der Waals surface area contributed by atoms with E-state index in [2.05, 4.69) is 25.3 Å². The molecule has 2 N–H and O–H groups in total. The summed E-state index contributed by atoms with van der Waals surface area (Å²) in [6.07, 6.45) is 1.26. The number of esters is 2. The van der Waals surface area contributed by atoms with Gasteiger partial charge in [0.15, 0.2) is 29.4 Å². The summed E-state index contributed by atoms with van der Waals surface area (Å²) in [6, 6.07) is 12.0. The lowest BCUT2D eigenvalue weighted by Gasteiger charge is -2.45. The third-order valence-electron chi connectivity index (χ3n) is 9.19. The highest BCUT2D eigenvalue weighted by molar-refractivity contribution is 8.07.